The molecule has 0 radical (unpaired) electrons. The molecule has 0 amide bonds. The molecule has 304 valence electrons. The molecule has 2 N–H and O–H groups in total. The van der Waals surface area contributed by atoms with Crippen molar-refractivity contribution in [1.29, 1.82) is 0 Å². The Balaban J connectivity index is 1.75. The lowest BCUT2D eigenvalue weighted by Gasteiger charge is -2.26. The van der Waals surface area contributed by atoms with Crippen LogP contribution in [0.2, 0.25) is 0 Å². The Kier molecular flexibility index (Phi) is 13.4. The summed E-state index contributed by atoms with van der Waals surface area (Å²) >= 11 is 0. The molecule has 0 heterocycles. The number of methoxy groups -OCH3 is 2. The third-order valence-electron chi connectivity index (χ3n) is 10.8. The third kappa shape index (κ3) is 9.63. The highest BCUT2D eigenvalue weighted by molar-refractivity contribution is 7.86. The summed E-state index contributed by atoms with van der Waals surface area (Å²) < 4.78 is 83.2. The molecule has 0 saturated heterocycles. The fourth-order valence-corrected chi connectivity index (χ4v) is 9.42. The summed E-state index contributed by atoms with van der Waals surface area (Å²) in [5, 5.41) is 0. The van der Waals surface area contributed by atoms with Gasteiger partial charge in [-0.1, -0.05) is 122 Å². The van der Waals surface area contributed by atoms with Gasteiger partial charge in [0.1, 0.15) is 11.5 Å². The Morgan fingerprint density at radius 2 is 0.842 bits per heavy atom. The summed E-state index contributed by atoms with van der Waals surface area (Å²) in [5.74, 6) is 1.21. The van der Waals surface area contributed by atoms with Crippen LogP contribution in [0.25, 0.3) is 0 Å². The molecule has 0 saturated carbocycles. The fraction of sp³-hybridized carbons (Fsp3) is 0.362. The first kappa shape index (κ1) is 43.6. The van der Waals surface area contributed by atoms with Crippen molar-refractivity contribution < 1.29 is 35.4 Å². The zero-order valence-electron chi connectivity index (χ0n) is 34.6. The van der Waals surface area contributed by atoms with Gasteiger partial charge in [0.2, 0.25) is 0 Å². The first-order chi connectivity index (χ1) is 26.8. The number of ether oxygens (including phenoxy) is 2. The maximum Gasteiger partial charge on any atom is 0.294 e. The molecular weight excluding hydrogens is 757 g/mol. The van der Waals surface area contributed by atoms with E-state index in [0.717, 1.165) is 23.3 Å². The molecule has 0 aliphatic heterocycles. The van der Waals surface area contributed by atoms with Crippen molar-refractivity contribution in [3.05, 3.63) is 152 Å². The number of hydrogen-bond donors (Lipinski definition) is 2. The van der Waals surface area contributed by atoms with Crippen molar-refractivity contribution in [3.63, 3.8) is 0 Å². The summed E-state index contributed by atoms with van der Waals surface area (Å²) in [6.07, 6.45) is 1.27. The van der Waals surface area contributed by atoms with Crippen molar-refractivity contribution >= 4 is 20.2 Å². The molecule has 0 bridgehead atoms. The van der Waals surface area contributed by atoms with E-state index in [1.807, 2.05) is 36.4 Å². The summed E-state index contributed by atoms with van der Waals surface area (Å²) in [7, 11) is -6.75. The highest BCUT2D eigenvalue weighted by atomic mass is 32.2. The topological polar surface area (TPSA) is 127 Å². The van der Waals surface area contributed by atoms with Crippen molar-refractivity contribution in [2.75, 3.05) is 14.2 Å². The molecule has 0 aliphatic carbocycles. The van der Waals surface area contributed by atoms with Gasteiger partial charge in [-0.15, -0.1) is 0 Å². The molecule has 0 fully saturated rings. The van der Waals surface area contributed by atoms with E-state index >= 15 is 0 Å². The lowest BCUT2D eigenvalue weighted by molar-refractivity contribution is 0.401. The van der Waals surface area contributed by atoms with Gasteiger partial charge >= 0.3 is 0 Å². The molecule has 0 unspecified atom stereocenters. The Labute approximate surface area is 339 Å². The Hall–Kier alpha value is -4.48. The minimum Gasteiger partial charge on any atom is -0.496 e. The number of rotatable bonds is 15. The molecule has 10 heteroatoms. The minimum absolute atomic E-state index is 0.0708. The van der Waals surface area contributed by atoms with Gasteiger partial charge in [0.05, 0.1) is 24.0 Å². The second-order valence-corrected chi connectivity index (χ2v) is 18.8. The summed E-state index contributed by atoms with van der Waals surface area (Å²) in [6.45, 7) is 17.5. The lowest BCUT2D eigenvalue weighted by Crippen LogP contribution is -2.14. The molecular formula is C47H56O8S2. The first-order valence-corrected chi connectivity index (χ1v) is 22.3. The van der Waals surface area contributed by atoms with Crippen LogP contribution in [0.1, 0.15) is 146 Å². The van der Waals surface area contributed by atoms with Gasteiger partial charge in [0.15, 0.2) is 0 Å². The van der Waals surface area contributed by atoms with E-state index in [4.69, 9.17) is 9.47 Å². The van der Waals surface area contributed by atoms with Gasteiger partial charge in [0.25, 0.3) is 20.2 Å². The summed E-state index contributed by atoms with van der Waals surface area (Å²) in [4.78, 5) is -1.34. The Bertz CT molecular complexity index is 2290. The van der Waals surface area contributed by atoms with Gasteiger partial charge in [-0.2, -0.15) is 16.8 Å². The van der Waals surface area contributed by atoms with Crippen LogP contribution < -0.4 is 9.47 Å². The van der Waals surface area contributed by atoms with Gasteiger partial charge in [0, 0.05) is 17.0 Å². The van der Waals surface area contributed by atoms with E-state index in [9.17, 15) is 25.9 Å². The molecule has 0 aromatic heterocycles. The zero-order valence-corrected chi connectivity index (χ0v) is 36.3. The highest BCUT2D eigenvalue weighted by Gasteiger charge is 2.31. The van der Waals surface area contributed by atoms with E-state index in [1.165, 1.54) is 39.4 Å². The fourth-order valence-electron chi connectivity index (χ4n) is 8.07. The third-order valence-corrected chi connectivity index (χ3v) is 12.6. The highest BCUT2D eigenvalue weighted by Crippen LogP contribution is 2.45. The van der Waals surface area contributed by atoms with Crippen LogP contribution in [-0.4, -0.2) is 40.2 Å². The lowest BCUT2D eigenvalue weighted by atomic mass is 9.81. The SMILES string of the molecule is COc1cc(Cc2c(C(C)C)cccc2C(C)C)ccc1C(c1ccc(Cc2c(C(C)C)cccc2C(C)C)cc1OC)c1ccc(S(=O)(=O)O)cc1S(=O)(=O)O. The predicted octanol–water partition coefficient (Wildman–Crippen LogP) is 11.1. The Morgan fingerprint density at radius 3 is 1.16 bits per heavy atom. The number of hydrogen-bond acceptors (Lipinski definition) is 6. The maximum absolute atomic E-state index is 13.1. The maximum atomic E-state index is 13.1. The van der Waals surface area contributed by atoms with Crippen LogP contribution in [0.4, 0.5) is 0 Å². The van der Waals surface area contributed by atoms with E-state index in [-0.39, 0.29) is 5.56 Å². The molecule has 5 aromatic carbocycles. The van der Waals surface area contributed by atoms with Gasteiger partial charge in [-0.3, -0.25) is 9.11 Å². The Morgan fingerprint density at radius 1 is 0.474 bits per heavy atom. The smallest absolute Gasteiger partial charge is 0.294 e. The summed E-state index contributed by atoms with van der Waals surface area (Å²) in [6, 6.07) is 27.7. The van der Waals surface area contributed by atoms with Crippen LogP contribution in [0, 0.1) is 0 Å². The molecule has 0 spiro atoms. The van der Waals surface area contributed by atoms with Crippen LogP contribution in [-0.2, 0) is 33.1 Å². The van der Waals surface area contributed by atoms with Crippen LogP contribution in [0.3, 0.4) is 0 Å². The average Bonchev–Trinajstić information content (AvgIpc) is 3.14. The average molecular weight is 813 g/mol. The molecule has 0 aliphatic rings. The molecule has 8 nitrogen and oxygen atoms in total. The van der Waals surface area contributed by atoms with Gasteiger partial charge in [-0.05, 0) is 111 Å². The first-order valence-electron chi connectivity index (χ1n) is 19.4. The normalized spacial score (nSPS) is 12.4. The van der Waals surface area contributed by atoms with Crippen LogP contribution in [0.15, 0.2) is 101 Å². The predicted molar refractivity (Wildman–Crippen MR) is 228 cm³/mol. The zero-order chi connectivity index (χ0) is 42.0. The molecule has 57 heavy (non-hydrogen) atoms. The monoisotopic (exact) mass is 812 g/mol. The van der Waals surface area contributed by atoms with Crippen molar-refractivity contribution in [2.45, 2.75) is 108 Å². The van der Waals surface area contributed by atoms with Crippen LogP contribution in [0.5, 0.6) is 11.5 Å². The minimum atomic E-state index is -5.02. The molecule has 5 aromatic rings. The molecule has 0 atom stereocenters. The van der Waals surface area contributed by atoms with Gasteiger partial charge < -0.3 is 9.47 Å². The largest absolute Gasteiger partial charge is 0.496 e. The van der Waals surface area contributed by atoms with E-state index in [2.05, 4.69) is 91.8 Å². The second-order valence-electron chi connectivity index (χ2n) is 16.0. The number of benzene rings is 5. The molecule has 5 rings (SSSR count). The van der Waals surface area contributed by atoms with Crippen molar-refractivity contribution in [1.82, 2.24) is 0 Å². The quantitative estimate of drug-likeness (QED) is 0.0790. The van der Waals surface area contributed by atoms with Crippen molar-refractivity contribution in [2.24, 2.45) is 0 Å². The van der Waals surface area contributed by atoms with Crippen molar-refractivity contribution in [3.8, 4) is 11.5 Å². The van der Waals surface area contributed by atoms with E-state index < -0.39 is 35.9 Å². The van der Waals surface area contributed by atoms with Crippen LogP contribution >= 0.6 is 0 Å². The summed E-state index contributed by atoms with van der Waals surface area (Å²) in [5.41, 5.74) is 10.7. The van der Waals surface area contributed by atoms with Gasteiger partial charge in [-0.25, -0.2) is 0 Å². The van der Waals surface area contributed by atoms with E-state index in [1.54, 1.807) is 14.2 Å². The van der Waals surface area contributed by atoms with E-state index in [0.29, 0.717) is 59.1 Å². The standard InChI is InChI=1S/C47H56O8S2/c1-28(2)35-13-11-14-36(29(3)4)42(35)23-32-17-20-39(44(25-32)54-9)47(41-22-19-34(56(48,49)50)27-46(41)57(51,52)53)40-21-18-33(26-45(40)55-10)24-43-37(30(5)6)15-12-16-38(43)31(7)8/h11-22,25-31,47H,23-24H2,1-10H3,(H,48,49,50)(H,51,52,53). The second kappa shape index (κ2) is 17.6.